The van der Waals surface area contributed by atoms with E-state index in [9.17, 15) is 9.36 Å². The first-order valence-corrected chi connectivity index (χ1v) is 4.07. The van der Waals surface area contributed by atoms with E-state index >= 15 is 0 Å². The zero-order valence-electron chi connectivity index (χ0n) is 5.63. The van der Waals surface area contributed by atoms with Crippen molar-refractivity contribution in [1.29, 1.82) is 0 Å². The Morgan fingerprint density at radius 3 is 2.45 bits per heavy atom. The van der Waals surface area contributed by atoms with E-state index in [0.29, 0.717) is 0 Å². The van der Waals surface area contributed by atoms with E-state index in [1.165, 1.54) is 6.08 Å². The molecule has 0 amide bonds. The molecule has 2 N–H and O–H groups in total. The van der Waals surface area contributed by atoms with Gasteiger partial charge in [-0.3, -0.25) is 4.89 Å². The molecule has 64 valence electrons. The lowest BCUT2D eigenvalue weighted by molar-refractivity contribution is -0.216. The summed E-state index contributed by atoms with van der Waals surface area (Å²) < 4.78 is 13.3. The van der Waals surface area contributed by atoms with Gasteiger partial charge in [-0.2, -0.15) is 0 Å². The molecule has 0 radical (unpaired) electrons. The van der Waals surface area contributed by atoms with E-state index in [0.717, 1.165) is 6.08 Å². The number of hydrogen-bond donors (Lipinski definition) is 2. The molecule has 7 heteroatoms. The first kappa shape index (κ1) is 10.3. The third-order valence-electron chi connectivity index (χ3n) is 0.519. The molecule has 0 aromatic rings. The van der Waals surface area contributed by atoms with Crippen LogP contribution in [0, 0.1) is 0 Å². The SMILES string of the molecule is CC=CC(=O)OOP(=O)(O)O. The number of carbonyl (C=O) groups is 1. The molecule has 0 saturated heterocycles. The molecule has 0 spiro atoms. The molecule has 6 nitrogen and oxygen atoms in total. The molecule has 0 aliphatic carbocycles. The first-order chi connectivity index (χ1) is 4.95. The summed E-state index contributed by atoms with van der Waals surface area (Å²) in [6, 6.07) is 0. The van der Waals surface area contributed by atoms with Gasteiger partial charge in [0.25, 0.3) is 0 Å². The van der Waals surface area contributed by atoms with Crippen LogP contribution in [0.1, 0.15) is 6.92 Å². The molecule has 0 atom stereocenters. The Morgan fingerprint density at radius 2 is 2.09 bits per heavy atom. The number of phosphoric acid groups is 1. The Bertz CT molecular complexity index is 203. The van der Waals surface area contributed by atoms with E-state index in [1.54, 1.807) is 6.92 Å². The van der Waals surface area contributed by atoms with Crippen molar-refractivity contribution in [1.82, 2.24) is 0 Å². The second-order valence-corrected chi connectivity index (χ2v) is 2.60. The standard InChI is InChI=1S/C4H7O6P/c1-2-3-4(5)9-10-11(6,7)8/h2-3H,1H3,(H2,6,7,8). The third kappa shape index (κ3) is 7.21. The average Bonchev–Trinajstić information content (AvgIpc) is 1.83. The van der Waals surface area contributed by atoms with Crippen LogP contribution in [0.25, 0.3) is 0 Å². The molecule has 0 aromatic carbocycles. The van der Waals surface area contributed by atoms with Crippen LogP contribution in [-0.4, -0.2) is 15.8 Å². The van der Waals surface area contributed by atoms with Gasteiger partial charge in [0.15, 0.2) is 0 Å². The summed E-state index contributed by atoms with van der Waals surface area (Å²) in [5.41, 5.74) is 0. The third-order valence-corrected chi connectivity index (χ3v) is 0.788. The average molecular weight is 182 g/mol. The molecule has 0 bridgehead atoms. The molecule has 0 fully saturated rings. The van der Waals surface area contributed by atoms with Gasteiger partial charge in [-0.25, -0.2) is 9.36 Å². The smallest absolute Gasteiger partial charge is 0.301 e. The minimum Gasteiger partial charge on any atom is -0.301 e. The maximum absolute atomic E-state index is 10.3. The molecule has 0 unspecified atom stereocenters. The van der Waals surface area contributed by atoms with Gasteiger partial charge in [0, 0.05) is 6.08 Å². The highest BCUT2D eigenvalue weighted by Gasteiger charge is 2.17. The van der Waals surface area contributed by atoms with Crippen molar-refractivity contribution < 1.29 is 28.7 Å². The second-order valence-electron chi connectivity index (χ2n) is 1.47. The van der Waals surface area contributed by atoms with Gasteiger partial charge in [0.05, 0.1) is 0 Å². The minimum atomic E-state index is -4.72. The number of rotatable bonds is 3. The fraction of sp³-hybridized carbons (Fsp3) is 0.250. The maximum atomic E-state index is 10.3. The van der Waals surface area contributed by atoms with Gasteiger partial charge in [-0.15, -0.1) is 0 Å². The van der Waals surface area contributed by atoms with E-state index in [2.05, 4.69) is 9.56 Å². The predicted molar refractivity (Wildman–Crippen MR) is 34.0 cm³/mol. The van der Waals surface area contributed by atoms with Crippen LogP contribution >= 0.6 is 7.82 Å². The van der Waals surface area contributed by atoms with Gasteiger partial charge >= 0.3 is 13.8 Å². The van der Waals surface area contributed by atoms with E-state index in [4.69, 9.17) is 9.79 Å². The largest absolute Gasteiger partial charge is 0.505 e. The summed E-state index contributed by atoms with van der Waals surface area (Å²) in [5, 5.41) is 0. The van der Waals surface area contributed by atoms with Gasteiger partial charge in [0.1, 0.15) is 0 Å². The summed E-state index contributed by atoms with van der Waals surface area (Å²) in [6.45, 7) is 1.54. The van der Waals surface area contributed by atoms with Crippen LogP contribution in [0.2, 0.25) is 0 Å². The van der Waals surface area contributed by atoms with E-state index in [1.807, 2.05) is 0 Å². The van der Waals surface area contributed by atoms with Crippen LogP contribution in [-0.2, 0) is 18.9 Å². The maximum Gasteiger partial charge on any atom is 0.505 e. The number of hydrogen-bond acceptors (Lipinski definition) is 4. The van der Waals surface area contributed by atoms with Gasteiger partial charge < -0.3 is 9.79 Å². The van der Waals surface area contributed by atoms with Crippen molar-refractivity contribution in [2.75, 3.05) is 0 Å². The zero-order chi connectivity index (χ0) is 8.91. The van der Waals surface area contributed by atoms with E-state index in [-0.39, 0.29) is 0 Å². The lowest BCUT2D eigenvalue weighted by atomic mass is 10.5. The quantitative estimate of drug-likeness (QED) is 0.279. The molecular weight excluding hydrogens is 175 g/mol. The fourth-order valence-corrected chi connectivity index (χ4v) is 0.420. The molecule has 11 heavy (non-hydrogen) atoms. The molecule has 0 heterocycles. The van der Waals surface area contributed by atoms with Crippen LogP contribution in [0.4, 0.5) is 0 Å². The molecule has 0 aromatic heterocycles. The second kappa shape index (κ2) is 4.25. The van der Waals surface area contributed by atoms with Crippen molar-refractivity contribution in [2.45, 2.75) is 6.92 Å². The zero-order valence-corrected chi connectivity index (χ0v) is 6.52. The minimum absolute atomic E-state index is 0.954. The summed E-state index contributed by atoms with van der Waals surface area (Å²) in [7, 11) is -4.72. The molecule has 0 aliphatic heterocycles. The highest BCUT2D eigenvalue weighted by molar-refractivity contribution is 7.46. The summed E-state index contributed by atoms with van der Waals surface area (Å²) in [4.78, 5) is 30.0. The Morgan fingerprint density at radius 1 is 1.55 bits per heavy atom. The van der Waals surface area contributed by atoms with Gasteiger partial charge in [-0.05, 0) is 6.92 Å². The Kier molecular flexibility index (Phi) is 3.99. The lowest BCUT2D eigenvalue weighted by Crippen LogP contribution is -1.99. The lowest BCUT2D eigenvalue weighted by Gasteiger charge is -2.00. The fourth-order valence-electron chi connectivity index (χ4n) is 0.249. The van der Waals surface area contributed by atoms with Crippen LogP contribution < -0.4 is 0 Å². The van der Waals surface area contributed by atoms with Crippen molar-refractivity contribution in [2.24, 2.45) is 0 Å². The Labute approximate surface area is 62.6 Å². The van der Waals surface area contributed by atoms with Crippen LogP contribution in [0.15, 0.2) is 12.2 Å². The highest BCUT2D eigenvalue weighted by Crippen LogP contribution is 2.35. The molecule has 0 rings (SSSR count). The van der Waals surface area contributed by atoms with Gasteiger partial charge in [-0.1, -0.05) is 10.8 Å². The number of carbonyl (C=O) groups excluding carboxylic acids is 1. The van der Waals surface area contributed by atoms with Crippen molar-refractivity contribution >= 4 is 13.8 Å². The summed E-state index contributed by atoms with van der Waals surface area (Å²) in [5.74, 6) is -0.976. The topological polar surface area (TPSA) is 93.1 Å². The summed E-state index contributed by atoms with van der Waals surface area (Å²) in [6.07, 6.45) is 2.29. The van der Waals surface area contributed by atoms with Crippen LogP contribution in [0.3, 0.4) is 0 Å². The Hall–Kier alpha value is -0.680. The normalized spacial score (nSPS) is 11.9. The van der Waals surface area contributed by atoms with Gasteiger partial charge in [0.2, 0.25) is 0 Å². The Balaban J connectivity index is 3.72. The molecular formula is C4H7O6P. The van der Waals surface area contributed by atoms with Crippen molar-refractivity contribution in [3.05, 3.63) is 12.2 Å². The molecule has 0 saturated carbocycles. The molecule has 0 aliphatic rings. The monoisotopic (exact) mass is 182 g/mol. The van der Waals surface area contributed by atoms with Crippen molar-refractivity contribution in [3.8, 4) is 0 Å². The van der Waals surface area contributed by atoms with E-state index < -0.39 is 13.8 Å². The first-order valence-electron chi connectivity index (χ1n) is 2.54. The summed E-state index contributed by atoms with van der Waals surface area (Å²) >= 11 is 0. The number of allylic oxidation sites excluding steroid dienone is 1. The van der Waals surface area contributed by atoms with Crippen LogP contribution in [0.5, 0.6) is 0 Å². The predicted octanol–water partition coefficient (Wildman–Crippen LogP) is 0.130. The van der Waals surface area contributed by atoms with Crippen molar-refractivity contribution in [3.63, 3.8) is 0 Å². The highest BCUT2D eigenvalue weighted by atomic mass is 31.2.